The maximum atomic E-state index is 12.8. The van der Waals surface area contributed by atoms with Crippen molar-refractivity contribution in [3.8, 4) is 17.5 Å². The van der Waals surface area contributed by atoms with Crippen LogP contribution in [0.5, 0.6) is 0 Å². The van der Waals surface area contributed by atoms with E-state index in [9.17, 15) is 14.9 Å². The Morgan fingerprint density at radius 1 is 1.25 bits per heavy atom. The molecule has 0 aliphatic carbocycles. The first-order valence-electron chi connectivity index (χ1n) is 7.46. The van der Waals surface area contributed by atoms with E-state index in [0.717, 1.165) is 5.56 Å². The molecule has 0 saturated carbocycles. The molecule has 24 heavy (non-hydrogen) atoms. The van der Waals surface area contributed by atoms with Gasteiger partial charge in [0.25, 0.3) is 5.56 Å². The van der Waals surface area contributed by atoms with Crippen LogP contribution in [0.3, 0.4) is 0 Å². The number of ketones is 1. The van der Waals surface area contributed by atoms with E-state index in [0.29, 0.717) is 33.4 Å². The fourth-order valence-electron chi connectivity index (χ4n) is 2.80. The lowest BCUT2D eigenvalue weighted by Crippen LogP contribution is -2.21. The van der Waals surface area contributed by atoms with E-state index in [1.165, 1.54) is 11.5 Å². The zero-order chi connectivity index (χ0) is 17.4. The number of nitrogens with zero attached hydrogens (tertiary/aromatic N) is 3. The minimum absolute atomic E-state index is 0.149. The first-order valence-corrected chi connectivity index (χ1v) is 7.46. The maximum absolute atomic E-state index is 12.8. The van der Waals surface area contributed by atoms with Crippen molar-refractivity contribution in [2.24, 2.45) is 7.05 Å². The van der Waals surface area contributed by atoms with Gasteiger partial charge in [-0.25, -0.2) is 4.98 Å². The standard InChI is InChI=1S/C19H15N3O2/c1-11-8-15(12(2)23)17-16(9-11)19(24)22(3)18(21-17)14-7-5-4-6-13(14)10-20/h4-9H,1-3H3. The fourth-order valence-corrected chi connectivity index (χ4v) is 2.80. The van der Waals surface area contributed by atoms with Crippen molar-refractivity contribution in [3.05, 3.63) is 63.4 Å². The van der Waals surface area contributed by atoms with E-state index in [4.69, 9.17) is 0 Å². The van der Waals surface area contributed by atoms with Gasteiger partial charge < -0.3 is 0 Å². The van der Waals surface area contributed by atoms with Crippen molar-refractivity contribution in [2.45, 2.75) is 13.8 Å². The molecule has 0 atom stereocenters. The van der Waals surface area contributed by atoms with Crippen LogP contribution in [0, 0.1) is 18.3 Å². The molecule has 2 aromatic carbocycles. The number of benzene rings is 2. The predicted molar refractivity (Wildman–Crippen MR) is 91.9 cm³/mol. The zero-order valence-electron chi connectivity index (χ0n) is 13.6. The lowest BCUT2D eigenvalue weighted by Gasteiger charge is -2.12. The van der Waals surface area contributed by atoms with Crippen molar-refractivity contribution in [2.75, 3.05) is 0 Å². The molecule has 0 radical (unpaired) electrons. The Morgan fingerprint density at radius 3 is 2.62 bits per heavy atom. The number of Topliss-reactive ketones (excluding diaryl/α,β-unsaturated/α-hetero) is 1. The van der Waals surface area contributed by atoms with E-state index in [1.807, 2.05) is 6.92 Å². The molecule has 0 bridgehead atoms. The van der Waals surface area contributed by atoms with Gasteiger partial charge in [0.05, 0.1) is 22.5 Å². The monoisotopic (exact) mass is 317 g/mol. The highest BCUT2D eigenvalue weighted by molar-refractivity contribution is 6.06. The number of rotatable bonds is 2. The zero-order valence-corrected chi connectivity index (χ0v) is 13.6. The summed E-state index contributed by atoms with van der Waals surface area (Å²) in [6, 6.07) is 12.5. The topological polar surface area (TPSA) is 75.8 Å². The summed E-state index contributed by atoms with van der Waals surface area (Å²) in [7, 11) is 1.62. The van der Waals surface area contributed by atoms with Crippen LogP contribution in [0.1, 0.15) is 28.4 Å². The number of nitriles is 1. The van der Waals surface area contributed by atoms with Crippen LogP contribution in [-0.2, 0) is 7.05 Å². The van der Waals surface area contributed by atoms with Crippen molar-refractivity contribution >= 4 is 16.7 Å². The maximum Gasteiger partial charge on any atom is 0.261 e. The first-order chi connectivity index (χ1) is 11.4. The van der Waals surface area contributed by atoms with Crippen LogP contribution in [0.15, 0.2) is 41.2 Å². The van der Waals surface area contributed by atoms with Crippen LogP contribution in [-0.4, -0.2) is 15.3 Å². The molecule has 5 nitrogen and oxygen atoms in total. The summed E-state index contributed by atoms with van der Waals surface area (Å²) in [6.45, 7) is 3.29. The summed E-state index contributed by atoms with van der Waals surface area (Å²) in [5.74, 6) is 0.222. The molecule has 0 aliphatic rings. The third-order valence-corrected chi connectivity index (χ3v) is 3.99. The van der Waals surface area contributed by atoms with Gasteiger partial charge in [-0.1, -0.05) is 12.1 Å². The molecular formula is C19H15N3O2. The van der Waals surface area contributed by atoms with Crippen molar-refractivity contribution < 1.29 is 4.79 Å². The second-order valence-corrected chi connectivity index (χ2v) is 5.72. The molecule has 3 rings (SSSR count). The van der Waals surface area contributed by atoms with Gasteiger partial charge in [-0.2, -0.15) is 5.26 Å². The van der Waals surface area contributed by atoms with E-state index in [2.05, 4.69) is 11.1 Å². The smallest absolute Gasteiger partial charge is 0.261 e. The number of aryl methyl sites for hydroxylation is 1. The molecule has 0 unspecified atom stereocenters. The summed E-state index contributed by atoms with van der Waals surface area (Å²) in [4.78, 5) is 29.3. The number of hydrogen-bond donors (Lipinski definition) is 0. The summed E-state index contributed by atoms with van der Waals surface area (Å²) in [5.41, 5.74) is 2.37. The number of carbonyl (C=O) groups is 1. The predicted octanol–water partition coefficient (Wildman–Crippen LogP) is 2.98. The number of aromatic nitrogens is 2. The lowest BCUT2D eigenvalue weighted by atomic mass is 10.0. The van der Waals surface area contributed by atoms with Gasteiger partial charge in [0.1, 0.15) is 5.82 Å². The highest BCUT2D eigenvalue weighted by Gasteiger charge is 2.17. The second-order valence-electron chi connectivity index (χ2n) is 5.72. The molecule has 0 amide bonds. The number of fused-ring (bicyclic) bond motifs is 1. The Morgan fingerprint density at radius 2 is 1.96 bits per heavy atom. The molecule has 118 valence electrons. The third-order valence-electron chi connectivity index (χ3n) is 3.99. The molecule has 5 heteroatoms. The molecular weight excluding hydrogens is 302 g/mol. The average molecular weight is 317 g/mol. The normalized spacial score (nSPS) is 10.6. The average Bonchev–Trinajstić information content (AvgIpc) is 2.57. The summed E-state index contributed by atoms with van der Waals surface area (Å²) in [6.07, 6.45) is 0. The van der Waals surface area contributed by atoms with Crippen LogP contribution >= 0.6 is 0 Å². The van der Waals surface area contributed by atoms with Crippen molar-refractivity contribution in [3.63, 3.8) is 0 Å². The SMILES string of the molecule is CC(=O)c1cc(C)cc2c(=O)n(C)c(-c3ccccc3C#N)nc12. The van der Waals surface area contributed by atoms with Gasteiger partial charge in [-0.3, -0.25) is 14.2 Å². The summed E-state index contributed by atoms with van der Waals surface area (Å²) >= 11 is 0. The molecule has 0 N–H and O–H groups in total. The highest BCUT2D eigenvalue weighted by Crippen LogP contribution is 2.24. The van der Waals surface area contributed by atoms with E-state index < -0.39 is 0 Å². The highest BCUT2D eigenvalue weighted by atomic mass is 16.1. The lowest BCUT2D eigenvalue weighted by molar-refractivity contribution is 0.101. The molecule has 1 aromatic heterocycles. The second kappa shape index (κ2) is 5.74. The number of hydrogen-bond acceptors (Lipinski definition) is 4. The molecule has 0 fully saturated rings. The van der Waals surface area contributed by atoms with E-state index in [-0.39, 0.29) is 11.3 Å². The van der Waals surface area contributed by atoms with Crippen LogP contribution < -0.4 is 5.56 Å². The largest absolute Gasteiger partial charge is 0.295 e. The Hall–Kier alpha value is -3.26. The third kappa shape index (κ3) is 2.38. The van der Waals surface area contributed by atoms with Gasteiger partial charge in [0, 0.05) is 18.2 Å². The minimum Gasteiger partial charge on any atom is -0.295 e. The van der Waals surface area contributed by atoms with Gasteiger partial charge >= 0.3 is 0 Å². The Balaban J connectivity index is 2.48. The van der Waals surface area contributed by atoms with Crippen molar-refractivity contribution in [1.82, 2.24) is 9.55 Å². The first kappa shape index (κ1) is 15.6. The van der Waals surface area contributed by atoms with E-state index >= 15 is 0 Å². The van der Waals surface area contributed by atoms with Crippen molar-refractivity contribution in [1.29, 1.82) is 5.26 Å². The molecule has 0 spiro atoms. The quantitative estimate of drug-likeness (QED) is 0.681. The van der Waals surface area contributed by atoms with E-state index in [1.54, 1.807) is 43.4 Å². The van der Waals surface area contributed by atoms with Crippen LogP contribution in [0.4, 0.5) is 0 Å². The molecule has 0 aliphatic heterocycles. The van der Waals surface area contributed by atoms with Crippen LogP contribution in [0.25, 0.3) is 22.3 Å². The number of carbonyl (C=O) groups excluding carboxylic acids is 1. The van der Waals surface area contributed by atoms with Gasteiger partial charge in [-0.15, -0.1) is 0 Å². The Labute approximate surface area is 138 Å². The minimum atomic E-state index is -0.242. The van der Waals surface area contributed by atoms with Gasteiger partial charge in [0.2, 0.25) is 0 Å². The Kier molecular flexibility index (Phi) is 3.74. The van der Waals surface area contributed by atoms with Gasteiger partial charge in [0.15, 0.2) is 5.78 Å². The fraction of sp³-hybridized carbons (Fsp3) is 0.158. The summed E-state index contributed by atoms with van der Waals surface area (Å²) in [5, 5.41) is 9.72. The Bertz CT molecular complexity index is 1090. The molecule has 1 heterocycles. The molecule has 0 saturated heterocycles. The molecule has 3 aromatic rings. The van der Waals surface area contributed by atoms with Crippen LogP contribution in [0.2, 0.25) is 0 Å². The summed E-state index contributed by atoms with van der Waals surface area (Å²) < 4.78 is 1.42. The van der Waals surface area contributed by atoms with Gasteiger partial charge in [-0.05, 0) is 43.7 Å².